The minimum atomic E-state index is -0.440. The molecule has 0 bridgehead atoms. The fourth-order valence-electron chi connectivity index (χ4n) is 2.37. The zero-order valence-electron chi connectivity index (χ0n) is 12.1. The lowest BCUT2D eigenvalue weighted by atomic mass is 10.0. The maximum Gasteiger partial charge on any atom is 0.224 e. The zero-order valence-corrected chi connectivity index (χ0v) is 12.9. The molecule has 5 heteroatoms. The van der Waals surface area contributed by atoms with E-state index >= 15 is 0 Å². The molecule has 1 fully saturated rings. The number of rotatable bonds is 3. The Morgan fingerprint density at radius 2 is 1.75 bits per heavy atom. The van der Waals surface area contributed by atoms with Gasteiger partial charge in [-0.1, -0.05) is 11.6 Å². The summed E-state index contributed by atoms with van der Waals surface area (Å²) < 4.78 is 0. The van der Waals surface area contributed by atoms with E-state index < -0.39 is 5.54 Å². The molecule has 20 heavy (non-hydrogen) atoms. The molecule has 0 aromatic heterocycles. The van der Waals surface area contributed by atoms with Crippen LogP contribution in [-0.4, -0.2) is 42.5 Å². The summed E-state index contributed by atoms with van der Waals surface area (Å²) in [5.74, 6) is 0.147. The van der Waals surface area contributed by atoms with E-state index in [-0.39, 0.29) is 5.91 Å². The van der Waals surface area contributed by atoms with Crippen LogP contribution in [-0.2, 0) is 4.79 Å². The Morgan fingerprint density at radius 3 is 2.25 bits per heavy atom. The fraction of sp³-hybridized carbons (Fsp3) is 0.533. The van der Waals surface area contributed by atoms with Gasteiger partial charge in [0.15, 0.2) is 0 Å². The fourth-order valence-corrected chi connectivity index (χ4v) is 2.49. The first-order valence-corrected chi connectivity index (χ1v) is 7.30. The maximum absolute atomic E-state index is 12.1. The SMILES string of the molecule is CC(C)(N)CC(=O)N1CCN(c2ccc(Cl)cc2)CC1. The third-order valence-electron chi connectivity index (χ3n) is 3.43. The van der Waals surface area contributed by atoms with Crippen molar-refractivity contribution < 1.29 is 4.79 Å². The standard InChI is InChI=1S/C15H22ClN3O/c1-15(2,17)11-14(20)19-9-7-18(8-10-19)13-5-3-12(16)4-6-13/h3-6H,7-11,17H2,1-2H3. The number of halogens is 1. The summed E-state index contributed by atoms with van der Waals surface area (Å²) >= 11 is 5.89. The molecule has 2 rings (SSSR count). The number of piperazine rings is 1. The Bertz CT molecular complexity index is 459. The number of amides is 1. The minimum Gasteiger partial charge on any atom is -0.368 e. The summed E-state index contributed by atoms with van der Waals surface area (Å²) in [5, 5.41) is 0.743. The van der Waals surface area contributed by atoms with Crippen molar-refractivity contribution in [2.24, 2.45) is 5.73 Å². The average Bonchev–Trinajstić information content (AvgIpc) is 2.38. The Kier molecular flexibility index (Phi) is 4.55. The third-order valence-corrected chi connectivity index (χ3v) is 3.68. The van der Waals surface area contributed by atoms with Gasteiger partial charge < -0.3 is 15.5 Å². The van der Waals surface area contributed by atoms with Gasteiger partial charge in [-0.15, -0.1) is 0 Å². The molecule has 0 atom stereocenters. The van der Waals surface area contributed by atoms with Gasteiger partial charge in [-0.05, 0) is 38.1 Å². The minimum absolute atomic E-state index is 0.147. The quantitative estimate of drug-likeness (QED) is 0.929. The van der Waals surface area contributed by atoms with Crippen LogP contribution in [0.3, 0.4) is 0 Å². The number of nitrogens with zero attached hydrogens (tertiary/aromatic N) is 2. The summed E-state index contributed by atoms with van der Waals surface area (Å²) in [4.78, 5) is 16.3. The molecule has 1 heterocycles. The highest BCUT2D eigenvalue weighted by molar-refractivity contribution is 6.30. The van der Waals surface area contributed by atoms with Gasteiger partial charge in [0.2, 0.25) is 5.91 Å². The smallest absolute Gasteiger partial charge is 0.224 e. The molecule has 1 aromatic rings. The van der Waals surface area contributed by atoms with Crippen LogP contribution in [0.1, 0.15) is 20.3 Å². The van der Waals surface area contributed by atoms with Crippen molar-refractivity contribution in [1.82, 2.24) is 4.90 Å². The van der Waals surface area contributed by atoms with Crippen LogP contribution >= 0.6 is 11.6 Å². The third kappa shape index (κ3) is 4.12. The number of carbonyl (C=O) groups excluding carboxylic acids is 1. The highest BCUT2D eigenvalue weighted by Crippen LogP contribution is 2.20. The summed E-state index contributed by atoms with van der Waals surface area (Å²) in [6.07, 6.45) is 0.397. The van der Waals surface area contributed by atoms with Crippen LogP contribution in [0.2, 0.25) is 5.02 Å². The van der Waals surface area contributed by atoms with Gasteiger partial charge in [0.1, 0.15) is 0 Å². The van der Waals surface area contributed by atoms with Crippen molar-refractivity contribution in [2.75, 3.05) is 31.1 Å². The van der Waals surface area contributed by atoms with Gasteiger partial charge in [-0.2, -0.15) is 0 Å². The van der Waals surface area contributed by atoms with Gasteiger partial charge in [0.25, 0.3) is 0 Å². The number of carbonyl (C=O) groups is 1. The first kappa shape index (κ1) is 15.1. The molecule has 2 N–H and O–H groups in total. The van der Waals surface area contributed by atoms with Crippen LogP contribution in [0.4, 0.5) is 5.69 Å². The summed E-state index contributed by atoms with van der Waals surface area (Å²) in [7, 11) is 0. The largest absolute Gasteiger partial charge is 0.368 e. The molecular formula is C15H22ClN3O. The Balaban J connectivity index is 1.89. The van der Waals surface area contributed by atoms with Crippen LogP contribution in [0, 0.1) is 0 Å². The number of hydrogen-bond acceptors (Lipinski definition) is 3. The van der Waals surface area contributed by atoms with Gasteiger partial charge in [0, 0.05) is 48.8 Å². The molecule has 1 amide bonds. The molecule has 0 radical (unpaired) electrons. The number of hydrogen-bond donors (Lipinski definition) is 1. The number of anilines is 1. The molecular weight excluding hydrogens is 274 g/mol. The predicted molar refractivity (Wildman–Crippen MR) is 83.1 cm³/mol. The van der Waals surface area contributed by atoms with Crippen molar-refractivity contribution in [2.45, 2.75) is 25.8 Å². The number of nitrogens with two attached hydrogens (primary N) is 1. The molecule has 110 valence electrons. The van der Waals surface area contributed by atoms with Crippen molar-refractivity contribution in [3.63, 3.8) is 0 Å². The van der Waals surface area contributed by atoms with E-state index in [9.17, 15) is 4.79 Å². The molecule has 1 aromatic carbocycles. The summed E-state index contributed by atoms with van der Waals surface area (Å²) in [6.45, 7) is 6.95. The van der Waals surface area contributed by atoms with Gasteiger partial charge in [-0.25, -0.2) is 0 Å². The Morgan fingerprint density at radius 1 is 1.20 bits per heavy atom. The number of benzene rings is 1. The van der Waals surface area contributed by atoms with Gasteiger partial charge >= 0.3 is 0 Å². The molecule has 0 aliphatic carbocycles. The molecule has 0 unspecified atom stereocenters. The average molecular weight is 296 g/mol. The summed E-state index contributed by atoms with van der Waals surface area (Å²) in [6, 6.07) is 7.82. The van der Waals surface area contributed by atoms with E-state index in [1.54, 1.807) is 0 Å². The highest BCUT2D eigenvalue weighted by Gasteiger charge is 2.25. The van der Waals surface area contributed by atoms with Crippen molar-refractivity contribution in [3.8, 4) is 0 Å². The monoisotopic (exact) mass is 295 g/mol. The van der Waals surface area contributed by atoms with E-state index in [1.165, 1.54) is 0 Å². The van der Waals surface area contributed by atoms with E-state index in [0.29, 0.717) is 6.42 Å². The first-order valence-electron chi connectivity index (χ1n) is 6.92. The first-order chi connectivity index (χ1) is 9.35. The topological polar surface area (TPSA) is 49.6 Å². The molecule has 0 spiro atoms. The zero-order chi connectivity index (χ0) is 14.8. The second-order valence-electron chi connectivity index (χ2n) is 6.01. The van der Waals surface area contributed by atoms with Crippen LogP contribution in [0.25, 0.3) is 0 Å². The van der Waals surface area contributed by atoms with Crippen molar-refractivity contribution in [1.29, 1.82) is 0 Å². The summed E-state index contributed by atoms with van der Waals surface area (Å²) in [5.41, 5.74) is 6.62. The Hall–Kier alpha value is -1.26. The van der Waals surface area contributed by atoms with E-state index in [4.69, 9.17) is 17.3 Å². The van der Waals surface area contributed by atoms with Crippen LogP contribution in [0.5, 0.6) is 0 Å². The van der Waals surface area contributed by atoms with Crippen LogP contribution < -0.4 is 10.6 Å². The molecule has 1 aliphatic rings. The van der Waals surface area contributed by atoms with Crippen molar-refractivity contribution >= 4 is 23.2 Å². The van der Waals surface area contributed by atoms with Crippen molar-refractivity contribution in [3.05, 3.63) is 29.3 Å². The lowest BCUT2D eigenvalue weighted by Crippen LogP contribution is -2.50. The van der Waals surface area contributed by atoms with E-state index in [0.717, 1.165) is 36.9 Å². The lowest BCUT2D eigenvalue weighted by Gasteiger charge is -2.37. The molecule has 1 saturated heterocycles. The lowest BCUT2D eigenvalue weighted by molar-refractivity contribution is -0.132. The normalized spacial score (nSPS) is 16.4. The Labute approximate surface area is 125 Å². The second-order valence-corrected chi connectivity index (χ2v) is 6.45. The van der Waals surface area contributed by atoms with E-state index in [1.807, 2.05) is 43.0 Å². The highest BCUT2D eigenvalue weighted by atomic mass is 35.5. The molecule has 0 saturated carbocycles. The molecule has 4 nitrogen and oxygen atoms in total. The van der Waals surface area contributed by atoms with Crippen LogP contribution in [0.15, 0.2) is 24.3 Å². The molecule has 1 aliphatic heterocycles. The van der Waals surface area contributed by atoms with Gasteiger partial charge in [-0.3, -0.25) is 4.79 Å². The second kappa shape index (κ2) is 6.02. The van der Waals surface area contributed by atoms with E-state index in [2.05, 4.69) is 4.90 Å². The van der Waals surface area contributed by atoms with Gasteiger partial charge in [0.05, 0.1) is 0 Å². The maximum atomic E-state index is 12.1. The predicted octanol–water partition coefficient (Wildman–Crippen LogP) is 2.12.